The Morgan fingerprint density at radius 1 is 1.40 bits per heavy atom. The molecule has 0 saturated heterocycles. The highest BCUT2D eigenvalue weighted by Gasteiger charge is 2.19. The molecule has 1 aliphatic rings. The highest BCUT2D eigenvalue weighted by molar-refractivity contribution is 5.29. The number of nitrogens with zero attached hydrogens (tertiary/aromatic N) is 1. The van der Waals surface area contributed by atoms with Gasteiger partial charge in [-0.15, -0.1) is 0 Å². The third-order valence-corrected chi connectivity index (χ3v) is 3.93. The van der Waals surface area contributed by atoms with Gasteiger partial charge in [0.1, 0.15) is 12.4 Å². The number of hydrogen-bond donors (Lipinski definition) is 2. The van der Waals surface area contributed by atoms with Crippen LogP contribution < -0.4 is 10.1 Å². The third kappa shape index (κ3) is 4.46. The summed E-state index contributed by atoms with van der Waals surface area (Å²) >= 11 is 0. The molecule has 0 aromatic carbocycles. The summed E-state index contributed by atoms with van der Waals surface area (Å²) in [6, 6.07) is 3.88. The largest absolute Gasteiger partial charge is 0.489 e. The summed E-state index contributed by atoms with van der Waals surface area (Å²) in [7, 11) is 1.89. The van der Waals surface area contributed by atoms with Crippen LogP contribution in [-0.4, -0.2) is 29.8 Å². The van der Waals surface area contributed by atoms with Crippen LogP contribution >= 0.6 is 0 Å². The monoisotopic (exact) mass is 278 g/mol. The Kier molecular flexibility index (Phi) is 5.80. The van der Waals surface area contributed by atoms with E-state index in [9.17, 15) is 5.11 Å². The Morgan fingerprint density at radius 3 is 2.85 bits per heavy atom. The van der Waals surface area contributed by atoms with Gasteiger partial charge in [-0.25, -0.2) is 0 Å². The molecule has 1 atom stereocenters. The molecule has 4 heteroatoms. The fourth-order valence-electron chi connectivity index (χ4n) is 2.91. The van der Waals surface area contributed by atoms with Gasteiger partial charge in [0.05, 0.1) is 11.8 Å². The predicted octanol–water partition coefficient (Wildman–Crippen LogP) is 2.43. The van der Waals surface area contributed by atoms with E-state index in [4.69, 9.17) is 4.74 Å². The predicted molar refractivity (Wildman–Crippen MR) is 79.8 cm³/mol. The molecule has 112 valence electrons. The van der Waals surface area contributed by atoms with Gasteiger partial charge in [0.15, 0.2) is 0 Å². The summed E-state index contributed by atoms with van der Waals surface area (Å²) in [5, 5.41) is 13.2. The van der Waals surface area contributed by atoms with Crippen LogP contribution in [0.2, 0.25) is 0 Å². The molecule has 1 heterocycles. The number of ether oxygens (including phenoxy) is 1. The van der Waals surface area contributed by atoms with Crippen LogP contribution in [0.15, 0.2) is 12.1 Å². The van der Waals surface area contributed by atoms with E-state index in [-0.39, 0.29) is 6.10 Å². The van der Waals surface area contributed by atoms with Crippen molar-refractivity contribution in [3.63, 3.8) is 0 Å². The highest BCUT2D eigenvalue weighted by Crippen LogP contribution is 2.28. The van der Waals surface area contributed by atoms with Gasteiger partial charge in [-0.2, -0.15) is 0 Å². The molecule has 2 rings (SSSR count). The van der Waals surface area contributed by atoms with E-state index >= 15 is 0 Å². The number of hydrogen-bond acceptors (Lipinski definition) is 4. The molecule has 0 bridgehead atoms. The molecule has 4 nitrogen and oxygen atoms in total. The van der Waals surface area contributed by atoms with Crippen molar-refractivity contribution in [2.75, 3.05) is 13.7 Å². The lowest BCUT2D eigenvalue weighted by molar-refractivity contribution is 0.0848. The standard InChI is InChI=1S/C16H26N2O2/c1-12-7-8-16(15(18-12)10-17-2)20-11-14(19)9-13-5-3-4-6-13/h7-8,13-14,17,19H,3-6,9-11H2,1-2H3. The summed E-state index contributed by atoms with van der Waals surface area (Å²) in [5.41, 5.74) is 1.88. The molecule has 1 aromatic heterocycles. The lowest BCUT2D eigenvalue weighted by Crippen LogP contribution is -2.21. The van der Waals surface area contributed by atoms with Gasteiger partial charge in [-0.1, -0.05) is 25.7 Å². The first kappa shape index (κ1) is 15.3. The van der Waals surface area contributed by atoms with Crippen LogP contribution in [0.25, 0.3) is 0 Å². The molecular formula is C16H26N2O2. The van der Waals surface area contributed by atoms with E-state index in [2.05, 4.69) is 10.3 Å². The van der Waals surface area contributed by atoms with Crippen LogP contribution in [0, 0.1) is 12.8 Å². The number of rotatable bonds is 7. The summed E-state index contributed by atoms with van der Waals surface area (Å²) < 4.78 is 5.76. The maximum atomic E-state index is 10.1. The van der Waals surface area contributed by atoms with Gasteiger partial charge >= 0.3 is 0 Å². The van der Waals surface area contributed by atoms with E-state index < -0.39 is 0 Å². The Hall–Kier alpha value is -1.13. The minimum Gasteiger partial charge on any atom is -0.489 e. The quantitative estimate of drug-likeness (QED) is 0.804. The number of pyridine rings is 1. The molecule has 0 aliphatic heterocycles. The highest BCUT2D eigenvalue weighted by atomic mass is 16.5. The topological polar surface area (TPSA) is 54.4 Å². The average Bonchev–Trinajstić information content (AvgIpc) is 2.91. The number of aliphatic hydroxyl groups is 1. The second-order valence-electron chi connectivity index (χ2n) is 5.78. The van der Waals surface area contributed by atoms with Gasteiger partial charge in [-0.3, -0.25) is 4.98 Å². The summed E-state index contributed by atoms with van der Waals surface area (Å²) in [6.07, 6.45) is 5.63. The van der Waals surface area contributed by atoms with Gasteiger partial charge in [-0.05, 0) is 38.4 Å². The summed E-state index contributed by atoms with van der Waals surface area (Å²) in [5.74, 6) is 1.46. The third-order valence-electron chi connectivity index (χ3n) is 3.93. The van der Waals surface area contributed by atoms with Crippen LogP contribution in [0.1, 0.15) is 43.5 Å². The SMILES string of the molecule is CNCc1nc(C)ccc1OCC(O)CC1CCCC1. The van der Waals surface area contributed by atoms with E-state index in [1.165, 1.54) is 25.7 Å². The first-order valence-electron chi connectivity index (χ1n) is 7.61. The number of nitrogens with one attached hydrogen (secondary N) is 1. The van der Waals surface area contributed by atoms with Gasteiger partial charge in [0.2, 0.25) is 0 Å². The van der Waals surface area contributed by atoms with Crippen molar-refractivity contribution >= 4 is 0 Å². The average molecular weight is 278 g/mol. The molecule has 1 unspecified atom stereocenters. The maximum Gasteiger partial charge on any atom is 0.142 e. The first-order chi connectivity index (χ1) is 9.69. The minimum absolute atomic E-state index is 0.359. The normalized spacial score (nSPS) is 17.4. The van der Waals surface area contributed by atoms with Crippen molar-refractivity contribution in [3.8, 4) is 5.75 Å². The van der Waals surface area contributed by atoms with E-state index in [1.807, 2.05) is 26.1 Å². The summed E-state index contributed by atoms with van der Waals surface area (Å²) in [4.78, 5) is 4.47. The lowest BCUT2D eigenvalue weighted by atomic mass is 10.0. The molecule has 20 heavy (non-hydrogen) atoms. The lowest BCUT2D eigenvalue weighted by Gasteiger charge is -2.17. The molecule has 1 aromatic rings. The van der Waals surface area contributed by atoms with Crippen molar-refractivity contribution in [1.82, 2.24) is 10.3 Å². The van der Waals surface area contributed by atoms with Crippen molar-refractivity contribution < 1.29 is 9.84 Å². The van der Waals surface area contributed by atoms with Gasteiger partial charge in [0.25, 0.3) is 0 Å². The zero-order valence-corrected chi connectivity index (χ0v) is 12.6. The fraction of sp³-hybridized carbons (Fsp3) is 0.688. The Morgan fingerprint density at radius 2 is 2.15 bits per heavy atom. The first-order valence-corrected chi connectivity index (χ1v) is 7.61. The van der Waals surface area contributed by atoms with E-state index in [0.717, 1.165) is 23.6 Å². The van der Waals surface area contributed by atoms with E-state index in [1.54, 1.807) is 0 Å². The van der Waals surface area contributed by atoms with Crippen LogP contribution in [0.3, 0.4) is 0 Å². The van der Waals surface area contributed by atoms with E-state index in [0.29, 0.717) is 19.1 Å². The maximum absolute atomic E-state index is 10.1. The summed E-state index contributed by atoms with van der Waals surface area (Å²) in [6.45, 7) is 3.01. The molecule has 1 saturated carbocycles. The second kappa shape index (κ2) is 7.60. The van der Waals surface area contributed by atoms with Crippen LogP contribution in [0.5, 0.6) is 5.75 Å². The zero-order valence-electron chi connectivity index (χ0n) is 12.6. The smallest absolute Gasteiger partial charge is 0.142 e. The second-order valence-corrected chi connectivity index (χ2v) is 5.78. The minimum atomic E-state index is -0.373. The fourth-order valence-corrected chi connectivity index (χ4v) is 2.91. The molecule has 1 fully saturated rings. The van der Waals surface area contributed by atoms with Crippen molar-refractivity contribution in [3.05, 3.63) is 23.5 Å². The molecule has 0 amide bonds. The van der Waals surface area contributed by atoms with Gasteiger partial charge in [0, 0.05) is 12.2 Å². The number of aliphatic hydroxyl groups excluding tert-OH is 1. The number of aromatic nitrogens is 1. The molecule has 2 N–H and O–H groups in total. The molecule has 1 aliphatic carbocycles. The van der Waals surface area contributed by atoms with Crippen molar-refractivity contribution in [1.29, 1.82) is 0 Å². The molecule has 0 spiro atoms. The van der Waals surface area contributed by atoms with Crippen LogP contribution in [-0.2, 0) is 6.54 Å². The van der Waals surface area contributed by atoms with Gasteiger partial charge < -0.3 is 15.2 Å². The zero-order chi connectivity index (χ0) is 14.4. The Labute approximate surface area is 121 Å². The van der Waals surface area contributed by atoms with Crippen molar-refractivity contribution in [2.24, 2.45) is 5.92 Å². The van der Waals surface area contributed by atoms with Crippen LogP contribution in [0.4, 0.5) is 0 Å². The Balaban J connectivity index is 1.85. The Bertz CT molecular complexity index is 417. The molecule has 0 radical (unpaired) electrons. The van der Waals surface area contributed by atoms with Crippen molar-refractivity contribution in [2.45, 2.75) is 51.7 Å². The molecular weight excluding hydrogens is 252 g/mol. The number of aryl methyl sites for hydroxylation is 1.